The van der Waals surface area contributed by atoms with Crippen molar-refractivity contribution >= 4 is 57.4 Å². The molecular formula is C44H28N2O2S2. The van der Waals surface area contributed by atoms with Gasteiger partial charge in [0.25, 0.3) is 0 Å². The molecule has 0 saturated carbocycles. The Morgan fingerprint density at radius 1 is 0.580 bits per heavy atom. The summed E-state index contributed by atoms with van der Waals surface area (Å²) in [6, 6.07) is 41.4. The van der Waals surface area contributed by atoms with E-state index in [9.17, 15) is 9.59 Å². The topological polar surface area (TPSA) is 50.3 Å². The second-order valence-corrected chi connectivity index (χ2v) is 15.0. The number of aryl methyl sites for hydroxylation is 2. The van der Waals surface area contributed by atoms with E-state index in [2.05, 4.69) is 119 Å². The molecule has 4 aromatic carbocycles. The number of carbonyl (C=O) groups is 2. The largest absolute Gasteiger partial charge is 0.310 e. The number of para-hydroxylation sites is 1. The van der Waals surface area contributed by atoms with Gasteiger partial charge in [0.1, 0.15) is 0 Å². The zero-order valence-corrected chi connectivity index (χ0v) is 28.9. The number of pyridine rings is 1. The highest BCUT2D eigenvalue weighted by Gasteiger charge is 2.53. The van der Waals surface area contributed by atoms with Crippen molar-refractivity contribution in [2.45, 2.75) is 19.3 Å². The van der Waals surface area contributed by atoms with Crippen molar-refractivity contribution in [2.24, 2.45) is 0 Å². The Labute approximate surface area is 297 Å². The van der Waals surface area contributed by atoms with Gasteiger partial charge >= 0.3 is 0 Å². The van der Waals surface area contributed by atoms with Gasteiger partial charge < -0.3 is 4.90 Å². The van der Waals surface area contributed by atoms with Crippen LogP contribution < -0.4 is 4.90 Å². The molecule has 0 radical (unpaired) electrons. The fourth-order valence-corrected chi connectivity index (χ4v) is 10.4. The van der Waals surface area contributed by atoms with Crippen LogP contribution >= 0.6 is 22.7 Å². The molecule has 0 unspecified atom stereocenters. The highest BCUT2D eigenvalue weighted by atomic mass is 32.1. The maximum absolute atomic E-state index is 13.3. The number of Topliss-reactive ketones (excluding diaryl/α,β-unsaturated/α-hetero) is 2. The SMILES string of the molecule is Cc1cc(N(c2ccccc2)c2ccc3c(c2)C2(c4ccccc4-c4ccccc42)c2cc(C=C4C(=O)c5cscc5C4=O)sc2-3)cc(C)n1. The molecule has 10 rings (SSSR count). The van der Waals surface area contributed by atoms with Gasteiger partial charge in [-0.25, -0.2) is 0 Å². The molecule has 6 heteroatoms. The smallest absolute Gasteiger partial charge is 0.198 e. The van der Waals surface area contributed by atoms with Gasteiger partial charge in [0.2, 0.25) is 0 Å². The second kappa shape index (κ2) is 10.7. The first-order chi connectivity index (χ1) is 24.4. The summed E-state index contributed by atoms with van der Waals surface area (Å²) in [5, 5.41) is 3.57. The molecule has 7 aromatic rings. The Hall–Kier alpha value is -5.69. The first-order valence-electron chi connectivity index (χ1n) is 16.6. The van der Waals surface area contributed by atoms with Gasteiger partial charge in [0.15, 0.2) is 11.6 Å². The van der Waals surface area contributed by atoms with E-state index in [1.807, 2.05) is 26.0 Å². The zero-order valence-electron chi connectivity index (χ0n) is 27.2. The van der Waals surface area contributed by atoms with Crippen LogP contribution in [0.15, 0.2) is 132 Å². The summed E-state index contributed by atoms with van der Waals surface area (Å²) in [6.45, 7) is 4.08. The third-order valence-electron chi connectivity index (χ3n) is 10.3. The van der Waals surface area contributed by atoms with Crippen molar-refractivity contribution < 1.29 is 9.59 Å². The molecule has 3 aliphatic rings. The van der Waals surface area contributed by atoms with E-state index < -0.39 is 5.41 Å². The highest BCUT2D eigenvalue weighted by molar-refractivity contribution is 7.16. The summed E-state index contributed by atoms with van der Waals surface area (Å²) in [4.78, 5) is 35.7. The lowest BCUT2D eigenvalue weighted by molar-refractivity contribution is 0.0990. The molecule has 3 heterocycles. The molecule has 0 bridgehead atoms. The van der Waals surface area contributed by atoms with E-state index in [1.54, 1.807) is 22.1 Å². The van der Waals surface area contributed by atoms with Crippen molar-refractivity contribution in [2.75, 3.05) is 4.90 Å². The average molecular weight is 681 g/mol. The van der Waals surface area contributed by atoms with Gasteiger partial charge in [0.05, 0.1) is 11.0 Å². The number of aromatic nitrogens is 1. The van der Waals surface area contributed by atoms with E-state index in [4.69, 9.17) is 0 Å². The molecule has 0 aliphatic heterocycles. The normalized spacial score (nSPS) is 14.4. The van der Waals surface area contributed by atoms with Crippen LogP contribution in [-0.2, 0) is 5.41 Å². The Balaban J connectivity index is 1.23. The zero-order chi connectivity index (χ0) is 33.7. The Morgan fingerprint density at radius 2 is 1.20 bits per heavy atom. The molecule has 50 heavy (non-hydrogen) atoms. The molecule has 238 valence electrons. The quantitative estimate of drug-likeness (QED) is 0.137. The number of carbonyl (C=O) groups excluding carboxylic acids is 2. The van der Waals surface area contributed by atoms with E-state index in [0.29, 0.717) is 11.1 Å². The molecule has 3 aromatic heterocycles. The summed E-state index contributed by atoms with van der Waals surface area (Å²) in [5.74, 6) is -0.363. The van der Waals surface area contributed by atoms with Crippen LogP contribution in [0.3, 0.4) is 0 Å². The van der Waals surface area contributed by atoms with E-state index in [1.165, 1.54) is 55.2 Å². The summed E-state index contributed by atoms with van der Waals surface area (Å²) < 4.78 is 0. The number of benzene rings is 4. The van der Waals surface area contributed by atoms with Crippen molar-refractivity contribution in [1.29, 1.82) is 0 Å². The number of fused-ring (bicyclic) bond motifs is 11. The summed E-state index contributed by atoms with van der Waals surface area (Å²) >= 11 is 3.06. The Kier molecular flexibility index (Phi) is 6.23. The van der Waals surface area contributed by atoms with Gasteiger partial charge in [-0.3, -0.25) is 14.6 Å². The first-order valence-corrected chi connectivity index (χ1v) is 18.4. The molecule has 0 N–H and O–H groups in total. The minimum Gasteiger partial charge on any atom is -0.310 e. The number of thiophene rings is 2. The van der Waals surface area contributed by atoms with Crippen LogP contribution in [0.2, 0.25) is 0 Å². The summed E-state index contributed by atoms with van der Waals surface area (Å²) in [7, 11) is 0. The lowest BCUT2D eigenvalue weighted by Gasteiger charge is -2.32. The third kappa shape index (κ3) is 3.94. The van der Waals surface area contributed by atoms with Crippen molar-refractivity contribution in [3.63, 3.8) is 0 Å². The van der Waals surface area contributed by atoms with Crippen LogP contribution in [0.4, 0.5) is 17.1 Å². The molecule has 1 spiro atoms. The van der Waals surface area contributed by atoms with Crippen LogP contribution in [-0.4, -0.2) is 16.6 Å². The lowest BCUT2D eigenvalue weighted by atomic mass is 9.71. The molecule has 4 nitrogen and oxygen atoms in total. The molecule has 0 amide bonds. The van der Waals surface area contributed by atoms with Crippen LogP contribution in [0.25, 0.3) is 27.6 Å². The standard InChI is InChI=1S/C44H28N2O2S2/c1-25-18-29(19-26(2)45-25)46(27-10-4-3-5-11-27)28-16-17-33-39(20-28)44(37-14-8-6-12-31(37)32-13-7-9-15-38(32)44)40-22-30(50-43(33)40)21-34-41(47)35-23-49-24-36(35)42(34)48/h3-24H,1-2H3. The number of hydrogen-bond donors (Lipinski definition) is 0. The molecular weight excluding hydrogens is 653 g/mol. The van der Waals surface area contributed by atoms with Gasteiger partial charge in [-0.05, 0) is 101 Å². The minimum absolute atomic E-state index is 0.182. The third-order valence-corrected chi connectivity index (χ3v) is 12.1. The van der Waals surface area contributed by atoms with E-state index >= 15 is 0 Å². The van der Waals surface area contributed by atoms with Gasteiger partial charge in [0, 0.05) is 60.1 Å². The maximum atomic E-state index is 13.3. The second-order valence-electron chi connectivity index (χ2n) is 13.2. The van der Waals surface area contributed by atoms with Crippen molar-refractivity contribution in [3.05, 3.63) is 181 Å². The van der Waals surface area contributed by atoms with Crippen LogP contribution in [0, 0.1) is 13.8 Å². The fraction of sp³-hybridized carbons (Fsp3) is 0.0682. The fourth-order valence-electron chi connectivity index (χ4n) is 8.38. The predicted molar refractivity (Wildman–Crippen MR) is 204 cm³/mol. The minimum atomic E-state index is -0.574. The molecule has 0 saturated heterocycles. The number of ketones is 2. The molecule has 0 atom stereocenters. The average Bonchev–Trinajstić information content (AvgIpc) is 3.93. The van der Waals surface area contributed by atoms with Gasteiger partial charge in [-0.2, -0.15) is 11.3 Å². The Morgan fingerprint density at radius 3 is 1.86 bits per heavy atom. The number of nitrogens with zero attached hydrogens (tertiary/aromatic N) is 2. The predicted octanol–water partition coefficient (Wildman–Crippen LogP) is 11.1. The molecule has 0 fully saturated rings. The lowest BCUT2D eigenvalue weighted by Crippen LogP contribution is -2.26. The number of allylic oxidation sites excluding steroid dienone is 1. The highest BCUT2D eigenvalue weighted by Crippen LogP contribution is 2.65. The van der Waals surface area contributed by atoms with Crippen LogP contribution in [0.5, 0.6) is 0 Å². The number of rotatable bonds is 4. The van der Waals surface area contributed by atoms with E-state index in [-0.39, 0.29) is 17.1 Å². The van der Waals surface area contributed by atoms with Crippen LogP contribution in [0.1, 0.15) is 59.2 Å². The van der Waals surface area contributed by atoms with Crippen molar-refractivity contribution in [1.82, 2.24) is 4.98 Å². The molecule has 3 aliphatic carbocycles. The summed E-state index contributed by atoms with van der Waals surface area (Å²) in [5.41, 5.74) is 14.4. The Bertz CT molecular complexity index is 2530. The van der Waals surface area contributed by atoms with Gasteiger partial charge in [-0.1, -0.05) is 72.8 Å². The summed E-state index contributed by atoms with van der Waals surface area (Å²) in [6.07, 6.45) is 1.82. The van der Waals surface area contributed by atoms with E-state index in [0.717, 1.165) is 33.3 Å². The maximum Gasteiger partial charge on any atom is 0.198 e. The number of hydrogen-bond acceptors (Lipinski definition) is 6. The first kappa shape index (κ1) is 29.2. The number of anilines is 3. The van der Waals surface area contributed by atoms with Crippen molar-refractivity contribution in [3.8, 4) is 21.6 Å². The monoisotopic (exact) mass is 680 g/mol. The van der Waals surface area contributed by atoms with Gasteiger partial charge in [-0.15, -0.1) is 11.3 Å².